The number of thioether (sulfide) groups is 1. The molecule has 18 heavy (non-hydrogen) atoms. The van der Waals surface area contributed by atoms with Crippen LogP contribution in [0.5, 0.6) is 0 Å². The van der Waals surface area contributed by atoms with Crippen molar-refractivity contribution in [2.75, 3.05) is 0 Å². The van der Waals surface area contributed by atoms with Crippen LogP contribution < -0.4 is 0 Å². The lowest BCUT2D eigenvalue weighted by molar-refractivity contribution is 0.401. The van der Waals surface area contributed by atoms with E-state index in [1.807, 2.05) is 30.1 Å². The zero-order chi connectivity index (χ0) is 13.0. The van der Waals surface area contributed by atoms with E-state index in [1.54, 1.807) is 0 Å². The summed E-state index contributed by atoms with van der Waals surface area (Å²) < 4.78 is 0. The van der Waals surface area contributed by atoms with Gasteiger partial charge in [-0.2, -0.15) is 0 Å². The van der Waals surface area contributed by atoms with Crippen molar-refractivity contribution in [3.8, 4) is 0 Å². The Hall–Kier alpha value is -1.28. The van der Waals surface area contributed by atoms with Gasteiger partial charge in [-0.3, -0.25) is 0 Å². The van der Waals surface area contributed by atoms with Crippen LogP contribution in [0.25, 0.3) is 0 Å². The van der Waals surface area contributed by atoms with Crippen molar-refractivity contribution in [2.45, 2.75) is 31.0 Å². The van der Waals surface area contributed by atoms with Gasteiger partial charge in [-0.15, -0.1) is 0 Å². The van der Waals surface area contributed by atoms with Crippen LogP contribution in [0.1, 0.15) is 31.6 Å². The second kappa shape index (κ2) is 5.57. The molecule has 2 aromatic rings. The van der Waals surface area contributed by atoms with Crippen LogP contribution >= 0.6 is 11.8 Å². The minimum Gasteiger partial charge on any atom is -0.250 e. The number of nitrogens with zero attached hydrogens (tertiary/aromatic N) is 1. The molecule has 1 atom stereocenters. The van der Waals surface area contributed by atoms with Gasteiger partial charge >= 0.3 is 0 Å². The van der Waals surface area contributed by atoms with Crippen LogP contribution in [0, 0.1) is 5.41 Å². The lowest BCUT2D eigenvalue weighted by atomic mass is 9.87. The molecular weight excluding hydrogens is 238 g/mol. The van der Waals surface area contributed by atoms with Gasteiger partial charge in [0.15, 0.2) is 0 Å². The summed E-state index contributed by atoms with van der Waals surface area (Å²) in [7, 11) is 0. The number of benzene rings is 1. The highest BCUT2D eigenvalue weighted by Gasteiger charge is 2.27. The summed E-state index contributed by atoms with van der Waals surface area (Å²) in [4.78, 5) is 4.42. The van der Waals surface area contributed by atoms with Crippen LogP contribution in [0.2, 0.25) is 0 Å². The fourth-order valence-electron chi connectivity index (χ4n) is 1.91. The summed E-state index contributed by atoms with van der Waals surface area (Å²) >= 11 is 1.84. The summed E-state index contributed by atoms with van der Waals surface area (Å²) in [6, 6.07) is 16.7. The van der Waals surface area contributed by atoms with Gasteiger partial charge in [-0.25, -0.2) is 4.98 Å². The predicted octanol–water partition coefficient (Wildman–Crippen LogP) is 4.96. The highest BCUT2D eigenvalue weighted by atomic mass is 32.2. The second-order valence-electron chi connectivity index (χ2n) is 5.44. The quantitative estimate of drug-likeness (QED) is 0.721. The van der Waals surface area contributed by atoms with Crippen molar-refractivity contribution in [1.82, 2.24) is 4.98 Å². The Bertz CT molecular complexity index is 473. The molecule has 0 spiro atoms. The maximum atomic E-state index is 4.42. The Balaban J connectivity index is 2.28. The predicted molar refractivity (Wildman–Crippen MR) is 78.7 cm³/mol. The van der Waals surface area contributed by atoms with E-state index in [9.17, 15) is 0 Å². The van der Waals surface area contributed by atoms with E-state index in [-0.39, 0.29) is 5.41 Å². The Kier molecular flexibility index (Phi) is 4.07. The molecular formula is C16H19NS. The summed E-state index contributed by atoms with van der Waals surface area (Å²) in [5.74, 6) is 0. The maximum Gasteiger partial charge on any atom is 0.0965 e. The molecule has 94 valence electrons. The van der Waals surface area contributed by atoms with Crippen LogP contribution in [-0.2, 0) is 0 Å². The summed E-state index contributed by atoms with van der Waals surface area (Å²) in [6.45, 7) is 6.84. The van der Waals surface area contributed by atoms with Crippen molar-refractivity contribution in [1.29, 1.82) is 0 Å². The summed E-state index contributed by atoms with van der Waals surface area (Å²) in [5.41, 5.74) is 1.56. The van der Waals surface area contributed by atoms with Gasteiger partial charge in [0.1, 0.15) is 0 Å². The van der Waals surface area contributed by atoms with Gasteiger partial charge in [0.2, 0.25) is 0 Å². The van der Waals surface area contributed by atoms with Crippen LogP contribution in [0.3, 0.4) is 0 Å². The van der Waals surface area contributed by atoms with E-state index in [2.05, 4.69) is 62.2 Å². The van der Waals surface area contributed by atoms with Crippen molar-refractivity contribution < 1.29 is 0 Å². The molecule has 0 radical (unpaired) electrons. The van der Waals surface area contributed by atoms with Crippen molar-refractivity contribution in [3.63, 3.8) is 0 Å². The third-order valence-corrected chi connectivity index (χ3v) is 4.46. The molecule has 0 aliphatic heterocycles. The maximum absolute atomic E-state index is 4.42. The zero-order valence-corrected chi connectivity index (χ0v) is 11.9. The lowest BCUT2D eigenvalue weighted by Gasteiger charge is -2.30. The molecule has 0 aliphatic rings. The highest BCUT2D eigenvalue weighted by Crippen LogP contribution is 2.46. The van der Waals surface area contributed by atoms with Gasteiger partial charge in [-0.05, 0) is 23.1 Å². The van der Waals surface area contributed by atoms with E-state index in [1.165, 1.54) is 5.56 Å². The molecule has 0 bridgehead atoms. The Labute approximate surface area is 114 Å². The smallest absolute Gasteiger partial charge is 0.0965 e. The van der Waals surface area contributed by atoms with E-state index in [0.717, 1.165) is 5.03 Å². The molecule has 0 saturated heterocycles. The first kappa shape index (κ1) is 13.2. The van der Waals surface area contributed by atoms with Crippen LogP contribution in [-0.4, -0.2) is 4.98 Å². The van der Waals surface area contributed by atoms with Crippen LogP contribution in [0.4, 0.5) is 0 Å². The number of hydrogen-bond acceptors (Lipinski definition) is 2. The van der Waals surface area contributed by atoms with Gasteiger partial charge in [0, 0.05) is 11.4 Å². The first-order valence-corrected chi connectivity index (χ1v) is 7.08. The van der Waals surface area contributed by atoms with Crippen molar-refractivity contribution in [3.05, 3.63) is 60.3 Å². The summed E-state index contributed by atoms with van der Waals surface area (Å²) in [6.07, 6.45) is 1.85. The third kappa shape index (κ3) is 3.36. The Morgan fingerprint density at radius 2 is 1.61 bits per heavy atom. The lowest BCUT2D eigenvalue weighted by Crippen LogP contribution is -2.15. The fourth-order valence-corrected chi connectivity index (χ4v) is 3.08. The summed E-state index contributed by atoms with van der Waals surface area (Å²) in [5, 5.41) is 1.50. The van der Waals surface area contributed by atoms with Gasteiger partial charge in [0.25, 0.3) is 0 Å². The zero-order valence-electron chi connectivity index (χ0n) is 11.1. The standard InChI is InChI=1S/C16H19NS/c1-16(2,3)15(13-9-5-4-6-10-13)18-14-11-7-8-12-17-14/h4-12,15H,1-3H3. The topological polar surface area (TPSA) is 12.9 Å². The van der Waals surface area contributed by atoms with Crippen molar-refractivity contribution in [2.24, 2.45) is 5.41 Å². The number of rotatable bonds is 3. The average molecular weight is 257 g/mol. The largest absolute Gasteiger partial charge is 0.250 e. The Morgan fingerprint density at radius 1 is 0.944 bits per heavy atom. The van der Waals surface area contributed by atoms with Crippen LogP contribution in [0.15, 0.2) is 59.8 Å². The van der Waals surface area contributed by atoms with Gasteiger partial charge in [0.05, 0.1) is 5.03 Å². The van der Waals surface area contributed by atoms with E-state index >= 15 is 0 Å². The molecule has 0 saturated carbocycles. The first-order chi connectivity index (χ1) is 8.57. The van der Waals surface area contributed by atoms with E-state index < -0.39 is 0 Å². The number of aromatic nitrogens is 1. The average Bonchev–Trinajstić information content (AvgIpc) is 2.37. The molecule has 1 heterocycles. The van der Waals surface area contributed by atoms with Gasteiger partial charge < -0.3 is 0 Å². The van der Waals surface area contributed by atoms with E-state index in [0.29, 0.717) is 5.25 Å². The molecule has 0 aliphatic carbocycles. The monoisotopic (exact) mass is 257 g/mol. The van der Waals surface area contributed by atoms with Gasteiger partial charge in [-0.1, -0.05) is 68.9 Å². The molecule has 0 amide bonds. The molecule has 2 rings (SSSR count). The number of pyridine rings is 1. The van der Waals surface area contributed by atoms with E-state index in [4.69, 9.17) is 0 Å². The molecule has 1 aromatic heterocycles. The minimum atomic E-state index is 0.198. The Morgan fingerprint density at radius 3 is 2.17 bits per heavy atom. The fraction of sp³-hybridized carbons (Fsp3) is 0.312. The minimum absolute atomic E-state index is 0.198. The molecule has 1 unspecified atom stereocenters. The highest BCUT2D eigenvalue weighted by molar-refractivity contribution is 7.99. The molecule has 2 heteroatoms. The SMILES string of the molecule is CC(C)(C)C(Sc1ccccn1)c1ccccc1. The normalized spacial score (nSPS) is 13.3. The molecule has 0 fully saturated rings. The third-order valence-electron chi connectivity index (χ3n) is 2.77. The molecule has 0 N–H and O–H groups in total. The van der Waals surface area contributed by atoms with Crippen molar-refractivity contribution >= 4 is 11.8 Å². The molecule has 1 nitrogen and oxygen atoms in total. The number of hydrogen-bond donors (Lipinski definition) is 0. The molecule has 1 aromatic carbocycles. The first-order valence-electron chi connectivity index (χ1n) is 6.20. The second-order valence-corrected chi connectivity index (χ2v) is 6.57.